The molecule has 1 saturated carbocycles. The van der Waals surface area contributed by atoms with Crippen LogP contribution in [0.5, 0.6) is 5.88 Å². The summed E-state index contributed by atoms with van der Waals surface area (Å²) in [5.74, 6) is 0.535. The van der Waals surface area contributed by atoms with Crippen molar-refractivity contribution in [2.75, 3.05) is 5.32 Å². The summed E-state index contributed by atoms with van der Waals surface area (Å²) in [5, 5.41) is 7.95. The van der Waals surface area contributed by atoms with Crippen LogP contribution in [-0.2, 0) is 11.3 Å². The Labute approximate surface area is 169 Å². The zero-order valence-electron chi connectivity index (χ0n) is 15.3. The van der Waals surface area contributed by atoms with E-state index in [0.717, 1.165) is 21.1 Å². The number of rotatable bonds is 5. The van der Waals surface area contributed by atoms with Crippen LogP contribution in [0.1, 0.15) is 18.9 Å². The van der Waals surface area contributed by atoms with Crippen LogP contribution in [0.2, 0.25) is 0 Å². The molecule has 2 aromatic heterocycles. The summed E-state index contributed by atoms with van der Waals surface area (Å²) < 4.78 is 7.90. The third-order valence-corrected chi connectivity index (χ3v) is 5.01. The van der Waals surface area contributed by atoms with E-state index in [9.17, 15) is 9.59 Å². The van der Waals surface area contributed by atoms with E-state index in [1.165, 1.54) is 0 Å². The summed E-state index contributed by atoms with van der Waals surface area (Å²) >= 11 is 3.42. The predicted octanol–water partition coefficient (Wildman–Crippen LogP) is 2.68. The van der Waals surface area contributed by atoms with Crippen molar-refractivity contribution in [2.45, 2.75) is 32.9 Å². The third-order valence-electron chi connectivity index (χ3n) is 4.51. The fraction of sp³-hybridized carbons (Fsp3) is 0.316. The second-order valence-corrected chi connectivity index (χ2v) is 7.88. The Kier molecular flexibility index (Phi) is 4.84. The topological polar surface area (TPSA) is 99.0 Å². The van der Waals surface area contributed by atoms with E-state index in [0.29, 0.717) is 22.6 Å². The molecule has 1 amide bonds. The normalized spacial score (nSPS) is 18.1. The van der Waals surface area contributed by atoms with Gasteiger partial charge in [-0.3, -0.25) is 14.9 Å². The molecule has 8 nitrogen and oxygen atoms in total. The maximum Gasteiger partial charge on any atom is 0.275 e. The number of benzene rings is 1. The molecular formula is C19H18BrN5O3. The monoisotopic (exact) mass is 443 g/mol. The molecule has 0 aliphatic heterocycles. The molecule has 0 saturated heterocycles. The molecule has 1 aromatic carbocycles. The second-order valence-electron chi connectivity index (χ2n) is 6.96. The first-order valence-corrected chi connectivity index (χ1v) is 9.65. The first kappa shape index (κ1) is 18.5. The van der Waals surface area contributed by atoms with Crippen molar-refractivity contribution in [1.29, 1.82) is 0 Å². The molecule has 2 heterocycles. The number of amides is 1. The van der Waals surface area contributed by atoms with E-state index in [4.69, 9.17) is 4.74 Å². The van der Waals surface area contributed by atoms with Gasteiger partial charge in [-0.2, -0.15) is 0 Å². The molecule has 144 valence electrons. The number of aryl methyl sites for hydroxylation is 1. The number of hydrogen-bond acceptors (Lipinski definition) is 6. The van der Waals surface area contributed by atoms with Gasteiger partial charge >= 0.3 is 0 Å². The van der Waals surface area contributed by atoms with Crippen LogP contribution in [0.4, 0.5) is 5.95 Å². The summed E-state index contributed by atoms with van der Waals surface area (Å²) in [4.78, 5) is 33.2. The Morgan fingerprint density at radius 3 is 2.71 bits per heavy atom. The van der Waals surface area contributed by atoms with Crippen molar-refractivity contribution in [1.82, 2.24) is 19.7 Å². The molecule has 3 aromatic rings. The van der Waals surface area contributed by atoms with E-state index in [1.54, 1.807) is 30.6 Å². The highest BCUT2D eigenvalue weighted by molar-refractivity contribution is 9.10. The molecule has 0 unspecified atom stereocenters. The highest BCUT2D eigenvalue weighted by Gasteiger charge is 2.36. The number of ether oxygens (including phenoxy) is 1. The minimum absolute atomic E-state index is 0.0791. The Hall–Kier alpha value is -2.81. The average molecular weight is 444 g/mol. The van der Waals surface area contributed by atoms with Crippen LogP contribution in [0.3, 0.4) is 0 Å². The lowest BCUT2D eigenvalue weighted by Gasteiger charge is -2.12. The zero-order chi connectivity index (χ0) is 19.8. The number of aromatic nitrogens is 4. The van der Waals surface area contributed by atoms with Gasteiger partial charge in [-0.05, 0) is 43.0 Å². The number of hydrogen-bond donors (Lipinski definition) is 1. The lowest BCUT2D eigenvalue weighted by Crippen LogP contribution is -2.30. The summed E-state index contributed by atoms with van der Waals surface area (Å²) in [6.45, 7) is 3.68. The number of carbonyl (C=O) groups is 1. The summed E-state index contributed by atoms with van der Waals surface area (Å²) in [7, 11) is 0. The number of fused-ring (bicyclic) bond motifs is 1. The van der Waals surface area contributed by atoms with E-state index >= 15 is 0 Å². The minimum Gasteiger partial charge on any atom is -0.473 e. The first-order chi connectivity index (χ1) is 13.4. The number of nitrogens with one attached hydrogen (secondary N) is 1. The molecule has 1 N–H and O–H groups in total. The summed E-state index contributed by atoms with van der Waals surface area (Å²) in [6.07, 6.45) is 4.23. The molecule has 0 bridgehead atoms. The SMILES string of the molecule is Cc1cnc(NC(=O)Cn2nc(O[C@@H]3C[C@H]3C)c3cc(Br)ccc3c2=O)nc1. The highest BCUT2D eigenvalue weighted by Crippen LogP contribution is 2.35. The molecule has 1 aliphatic rings. The Morgan fingerprint density at radius 2 is 2.04 bits per heavy atom. The van der Waals surface area contributed by atoms with Crippen molar-refractivity contribution in [3.63, 3.8) is 0 Å². The van der Waals surface area contributed by atoms with Crippen molar-refractivity contribution < 1.29 is 9.53 Å². The lowest BCUT2D eigenvalue weighted by molar-refractivity contribution is -0.117. The van der Waals surface area contributed by atoms with Crippen LogP contribution in [0, 0.1) is 12.8 Å². The average Bonchev–Trinajstić information content (AvgIpc) is 3.35. The van der Waals surface area contributed by atoms with Crippen molar-refractivity contribution in [2.24, 2.45) is 5.92 Å². The van der Waals surface area contributed by atoms with Gasteiger partial charge in [-0.15, -0.1) is 5.10 Å². The van der Waals surface area contributed by atoms with E-state index < -0.39 is 5.91 Å². The van der Waals surface area contributed by atoms with Gasteiger partial charge < -0.3 is 4.74 Å². The number of anilines is 1. The molecule has 2 atom stereocenters. The van der Waals surface area contributed by atoms with E-state index in [-0.39, 0.29) is 24.2 Å². The Balaban J connectivity index is 1.65. The maximum absolute atomic E-state index is 12.8. The van der Waals surface area contributed by atoms with Gasteiger partial charge in [0.15, 0.2) is 0 Å². The van der Waals surface area contributed by atoms with Crippen LogP contribution in [0.25, 0.3) is 10.8 Å². The molecule has 1 fully saturated rings. The summed E-state index contributed by atoms with van der Waals surface area (Å²) in [5.41, 5.74) is 0.520. The van der Waals surface area contributed by atoms with E-state index in [1.807, 2.05) is 6.92 Å². The third kappa shape index (κ3) is 3.89. The second kappa shape index (κ2) is 7.31. The number of nitrogens with zero attached hydrogens (tertiary/aromatic N) is 4. The maximum atomic E-state index is 12.8. The van der Waals surface area contributed by atoms with Gasteiger partial charge in [0.05, 0.1) is 10.8 Å². The summed E-state index contributed by atoms with van der Waals surface area (Å²) in [6, 6.07) is 5.28. The smallest absolute Gasteiger partial charge is 0.275 e. The lowest BCUT2D eigenvalue weighted by atomic mass is 10.2. The molecule has 0 radical (unpaired) electrons. The highest BCUT2D eigenvalue weighted by atomic mass is 79.9. The molecule has 1 aliphatic carbocycles. The zero-order valence-corrected chi connectivity index (χ0v) is 16.9. The molecule has 4 rings (SSSR count). The van der Waals surface area contributed by atoms with Gasteiger partial charge in [0.1, 0.15) is 12.6 Å². The molecule has 9 heteroatoms. The van der Waals surface area contributed by atoms with Crippen LogP contribution >= 0.6 is 15.9 Å². The van der Waals surface area contributed by atoms with Gasteiger partial charge in [-0.25, -0.2) is 14.6 Å². The van der Waals surface area contributed by atoms with Crippen molar-refractivity contribution in [3.8, 4) is 5.88 Å². The molecular weight excluding hydrogens is 426 g/mol. The Morgan fingerprint density at radius 1 is 1.32 bits per heavy atom. The van der Waals surface area contributed by atoms with Gasteiger partial charge in [0, 0.05) is 16.9 Å². The van der Waals surface area contributed by atoms with Crippen molar-refractivity contribution >= 4 is 38.6 Å². The van der Waals surface area contributed by atoms with Crippen molar-refractivity contribution in [3.05, 3.63) is 51.0 Å². The first-order valence-electron chi connectivity index (χ1n) is 8.86. The van der Waals surface area contributed by atoms with Gasteiger partial charge in [0.25, 0.3) is 5.56 Å². The van der Waals surface area contributed by atoms with Crippen LogP contribution in [0.15, 0.2) is 39.9 Å². The number of halogens is 1. The fourth-order valence-corrected chi connectivity index (χ4v) is 3.14. The molecule has 0 spiro atoms. The van der Waals surface area contributed by atoms with Gasteiger partial charge in [0.2, 0.25) is 17.7 Å². The fourth-order valence-electron chi connectivity index (χ4n) is 2.77. The largest absolute Gasteiger partial charge is 0.473 e. The standard InChI is InChI=1S/C19H18BrN5O3/c1-10-7-21-19(22-8-10)23-16(26)9-25-18(27)13-4-3-12(20)6-14(13)17(24-25)28-15-5-11(15)2/h3-4,6-8,11,15H,5,9H2,1-2H3,(H,21,22,23,26)/t11-,15-/m1/s1. The van der Waals surface area contributed by atoms with Gasteiger partial charge in [-0.1, -0.05) is 22.9 Å². The number of carbonyl (C=O) groups excluding carboxylic acids is 1. The minimum atomic E-state index is -0.444. The quantitative estimate of drug-likeness (QED) is 0.650. The van der Waals surface area contributed by atoms with Crippen LogP contribution in [-0.4, -0.2) is 31.8 Å². The predicted molar refractivity (Wildman–Crippen MR) is 107 cm³/mol. The van der Waals surface area contributed by atoms with Crippen LogP contribution < -0.4 is 15.6 Å². The molecule has 28 heavy (non-hydrogen) atoms. The Bertz CT molecular complexity index is 1110. The van der Waals surface area contributed by atoms with E-state index in [2.05, 4.69) is 43.2 Å².